The van der Waals surface area contributed by atoms with Crippen LogP contribution < -0.4 is 5.32 Å². The molecule has 1 aromatic carbocycles. The number of likely N-dealkylation sites (N-methyl/N-ethyl adjacent to an activating group) is 1. The van der Waals surface area contributed by atoms with Gasteiger partial charge in [0, 0.05) is 32.3 Å². The van der Waals surface area contributed by atoms with Crippen molar-refractivity contribution in [3.8, 4) is 0 Å². The van der Waals surface area contributed by atoms with Crippen molar-refractivity contribution < 1.29 is 4.74 Å². The molecule has 118 valence electrons. The van der Waals surface area contributed by atoms with Gasteiger partial charge in [-0.1, -0.05) is 44.5 Å². The Morgan fingerprint density at radius 3 is 2.67 bits per heavy atom. The summed E-state index contributed by atoms with van der Waals surface area (Å²) in [7, 11) is 0. The molecule has 1 atom stereocenters. The van der Waals surface area contributed by atoms with Gasteiger partial charge in [0.15, 0.2) is 0 Å². The molecule has 21 heavy (non-hydrogen) atoms. The summed E-state index contributed by atoms with van der Waals surface area (Å²) in [6.07, 6.45) is 3.54. The van der Waals surface area contributed by atoms with Gasteiger partial charge in [0.05, 0.1) is 6.61 Å². The third-order valence-corrected chi connectivity index (χ3v) is 4.13. The van der Waals surface area contributed by atoms with Crippen LogP contribution in [0.4, 0.5) is 0 Å². The first-order chi connectivity index (χ1) is 10.3. The number of benzene rings is 1. The molecule has 0 saturated carbocycles. The number of rotatable bonds is 7. The number of aryl methyl sites for hydroxylation is 1. The monoisotopic (exact) mass is 290 g/mol. The molecule has 1 unspecified atom stereocenters. The lowest BCUT2D eigenvalue weighted by Crippen LogP contribution is -2.36. The van der Waals surface area contributed by atoms with Crippen LogP contribution in [0.1, 0.15) is 43.9 Å². The molecular weight excluding hydrogens is 260 g/mol. The van der Waals surface area contributed by atoms with E-state index in [4.69, 9.17) is 4.74 Å². The first-order valence-electron chi connectivity index (χ1n) is 8.45. The molecule has 1 aliphatic heterocycles. The van der Waals surface area contributed by atoms with E-state index in [-0.39, 0.29) is 0 Å². The lowest BCUT2D eigenvalue weighted by atomic mass is 10.0. The maximum Gasteiger partial charge on any atom is 0.0593 e. The Hall–Kier alpha value is -0.900. The Morgan fingerprint density at radius 1 is 1.14 bits per heavy atom. The molecule has 0 amide bonds. The van der Waals surface area contributed by atoms with Gasteiger partial charge in [0.25, 0.3) is 0 Å². The van der Waals surface area contributed by atoms with Gasteiger partial charge in [-0.15, -0.1) is 0 Å². The summed E-state index contributed by atoms with van der Waals surface area (Å²) >= 11 is 0. The van der Waals surface area contributed by atoms with Crippen LogP contribution in [-0.4, -0.2) is 44.3 Å². The first-order valence-corrected chi connectivity index (χ1v) is 8.45. The molecule has 1 N–H and O–H groups in total. The summed E-state index contributed by atoms with van der Waals surface area (Å²) in [5.41, 5.74) is 2.85. The van der Waals surface area contributed by atoms with Crippen LogP contribution in [0.5, 0.6) is 0 Å². The van der Waals surface area contributed by atoms with Crippen molar-refractivity contribution in [2.45, 2.75) is 39.2 Å². The molecule has 1 aromatic rings. The lowest BCUT2D eigenvalue weighted by molar-refractivity contribution is 0.139. The van der Waals surface area contributed by atoms with E-state index < -0.39 is 0 Å². The molecule has 1 fully saturated rings. The summed E-state index contributed by atoms with van der Waals surface area (Å²) in [5, 5.41) is 3.64. The van der Waals surface area contributed by atoms with E-state index in [2.05, 4.69) is 48.3 Å². The predicted octanol–water partition coefficient (Wildman–Crippen LogP) is 3.01. The van der Waals surface area contributed by atoms with Gasteiger partial charge in [-0.3, -0.25) is 4.90 Å². The highest BCUT2D eigenvalue weighted by Gasteiger charge is 2.16. The fourth-order valence-corrected chi connectivity index (χ4v) is 2.98. The van der Waals surface area contributed by atoms with Gasteiger partial charge in [0.1, 0.15) is 0 Å². The Labute approximate surface area is 129 Å². The number of hydrogen-bond donors (Lipinski definition) is 1. The minimum Gasteiger partial charge on any atom is -0.380 e. The molecule has 3 heteroatoms. The summed E-state index contributed by atoms with van der Waals surface area (Å²) < 4.78 is 5.55. The minimum atomic E-state index is 0.420. The first kappa shape index (κ1) is 16.5. The van der Waals surface area contributed by atoms with E-state index in [0.717, 1.165) is 45.8 Å². The van der Waals surface area contributed by atoms with Crippen LogP contribution in [0.25, 0.3) is 0 Å². The standard InChI is InChI=1S/C18H30N2O/c1-3-6-16-7-9-17(10-8-16)18(19-4-2)15-20-11-5-13-21-14-12-20/h7-10,18-19H,3-6,11-15H2,1-2H3. The number of hydrogen-bond acceptors (Lipinski definition) is 3. The van der Waals surface area contributed by atoms with Crippen molar-refractivity contribution >= 4 is 0 Å². The van der Waals surface area contributed by atoms with E-state index >= 15 is 0 Å². The SMILES string of the molecule is CCCc1ccc(C(CN2CCCOCC2)NCC)cc1. The quantitative estimate of drug-likeness (QED) is 0.835. The fraction of sp³-hybridized carbons (Fsp3) is 0.667. The van der Waals surface area contributed by atoms with Crippen LogP contribution in [0.2, 0.25) is 0 Å². The molecular formula is C18H30N2O. The molecule has 0 radical (unpaired) electrons. The number of ether oxygens (including phenoxy) is 1. The van der Waals surface area contributed by atoms with Gasteiger partial charge in [-0.2, -0.15) is 0 Å². The van der Waals surface area contributed by atoms with E-state index in [1.54, 1.807) is 0 Å². The van der Waals surface area contributed by atoms with Crippen LogP contribution in [0.15, 0.2) is 24.3 Å². The molecule has 1 aliphatic rings. The van der Waals surface area contributed by atoms with Crippen LogP contribution in [-0.2, 0) is 11.2 Å². The average Bonchev–Trinajstić information content (AvgIpc) is 2.77. The largest absolute Gasteiger partial charge is 0.380 e. The van der Waals surface area contributed by atoms with Crippen molar-refractivity contribution in [3.05, 3.63) is 35.4 Å². The summed E-state index contributed by atoms with van der Waals surface area (Å²) in [5.74, 6) is 0. The van der Waals surface area contributed by atoms with Gasteiger partial charge >= 0.3 is 0 Å². The summed E-state index contributed by atoms with van der Waals surface area (Å²) in [4.78, 5) is 2.53. The predicted molar refractivity (Wildman–Crippen MR) is 88.7 cm³/mol. The Kier molecular flexibility index (Phi) is 7.20. The second kappa shape index (κ2) is 9.19. The van der Waals surface area contributed by atoms with Crippen LogP contribution in [0.3, 0.4) is 0 Å². The second-order valence-corrected chi connectivity index (χ2v) is 5.87. The normalized spacial score (nSPS) is 18.4. The second-order valence-electron chi connectivity index (χ2n) is 5.87. The fourth-order valence-electron chi connectivity index (χ4n) is 2.98. The molecule has 0 bridgehead atoms. The molecule has 3 nitrogen and oxygen atoms in total. The van der Waals surface area contributed by atoms with E-state index in [0.29, 0.717) is 6.04 Å². The third kappa shape index (κ3) is 5.42. The molecule has 0 aromatic heterocycles. The van der Waals surface area contributed by atoms with E-state index in [1.807, 2.05) is 0 Å². The maximum absolute atomic E-state index is 5.55. The van der Waals surface area contributed by atoms with Gasteiger partial charge in [-0.05, 0) is 30.5 Å². The van der Waals surface area contributed by atoms with Crippen molar-refractivity contribution in [3.63, 3.8) is 0 Å². The zero-order valence-electron chi connectivity index (χ0n) is 13.6. The van der Waals surface area contributed by atoms with Crippen molar-refractivity contribution in [1.29, 1.82) is 0 Å². The van der Waals surface area contributed by atoms with Gasteiger partial charge in [-0.25, -0.2) is 0 Å². The van der Waals surface area contributed by atoms with Crippen molar-refractivity contribution in [2.24, 2.45) is 0 Å². The smallest absolute Gasteiger partial charge is 0.0593 e. The number of nitrogens with one attached hydrogen (secondary N) is 1. The zero-order valence-corrected chi connectivity index (χ0v) is 13.6. The highest BCUT2D eigenvalue weighted by molar-refractivity contribution is 5.25. The average molecular weight is 290 g/mol. The Morgan fingerprint density at radius 2 is 1.95 bits per heavy atom. The summed E-state index contributed by atoms with van der Waals surface area (Å²) in [6, 6.07) is 9.59. The highest BCUT2D eigenvalue weighted by Crippen LogP contribution is 2.17. The lowest BCUT2D eigenvalue weighted by Gasteiger charge is -2.27. The number of nitrogens with zero attached hydrogens (tertiary/aromatic N) is 1. The van der Waals surface area contributed by atoms with E-state index in [9.17, 15) is 0 Å². The van der Waals surface area contributed by atoms with E-state index in [1.165, 1.54) is 24.0 Å². The molecule has 0 spiro atoms. The molecule has 0 aliphatic carbocycles. The maximum atomic E-state index is 5.55. The van der Waals surface area contributed by atoms with Gasteiger partial charge in [0.2, 0.25) is 0 Å². The van der Waals surface area contributed by atoms with Crippen LogP contribution in [0, 0.1) is 0 Å². The molecule has 2 rings (SSSR count). The Balaban J connectivity index is 1.99. The summed E-state index contributed by atoms with van der Waals surface area (Å²) in [6.45, 7) is 10.5. The van der Waals surface area contributed by atoms with Crippen LogP contribution >= 0.6 is 0 Å². The molecule has 1 heterocycles. The van der Waals surface area contributed by atoms with Crippen molar-refractivity contribution in [2.75, 3.05) is 39.4 Å². The Bertz CT molecular complexity index is 383. The zero-order chi connectivity index (χ0) is 14.9. The molecule has 1 saturated heterocycles. The topological polar surface area (TPSA) is 24.5 Å². The van der Waals surface area contributed by atoms with Gasteiger partial charge < -0.3 is 10.1 Å². The minimum absolute atomic E-state index is 0.420. The highest BCUT2D eigenvalue weighted by atomic mass is 16.5. The third-order valence-electron chi connectivity index (χ3n) is 4.13. The van der Waals surface area contributed by atoms with Crippen molar-refractivity contribution in [1.82, 2.24) is 10.2 Å².